The maximum atomic E-state index is 12.1. The second-order valence-corrected chi connectivity index (χ2v) is 5.87. The van der Waals surface area contributed by atoms with Gasteiger partial charge in [0.2, 0.25) is 10.0 Å². The lowest BCUT2D eigenvalue weighted by Crippen LogP contribution is -2.33. The van der Waals surface area contributed by atoms with Gasteiger partial charge in [-0.25, -0.2) is 13.1 Å². The summed E-state index contributed by atoms with van der Waals surface area (Å²) < 4.78 is 31.7. The van der Waals surface area contributed by atoms with Crippen molar-refractivity contribution in [2.75, 3.05) is 13.7 Å². The summed E-state index contributed by atoms with van der Waals surface area (Å²) >= 11 is 0. The van der Waals surface area contributed by atoms with Crippen molar-refractivity contribution in [3.63, 3.8) is 0 Å². The van der Waals surface area contributed by atoms with Gasteiger partial charge in [-0.1, -0.05) is 12.1 Å². The van der Waals surface area contributed by atoms with E-state index in [2.05, 4.69) is 4.72 Å². The lowest BCUT2D eigenvalue weighted by Gasteiger charge is -2.14. The standard InChI is InChI=1S/C12H20N2O3S/c1-10(6-7-17-2)14-18(15,16)12-5-3-4-11(8-12)9-13/h3-5,8,10,14H,6-7,9,13H2,1-2H3. The van der Waals surface area contributed by atoms with Gasteiger partial charge in [0, 0.05) is 26.3 Å². The summed E-state index contributed by atoms with van der Waals surface area (Å²) in [5, 5.41) is 0. The van der Waals surface area contributed by atoms with Gasteiger partial charge in [0.15, 0.2) is 0 Å². The monoisotopic (exact) mass is 272 g/mol. The molecule has 0 fully saturated rings. The first-order chi connectivity index (χ1) is 8.49. The maximum Gasteiger partial charge on any atom is 0.240 e. The van der Waals surface area contributed by atoms with Crippen LogP contribution >= 0.6 is 0 Å². The van der Waals surface area contributed by atoms with Gasteiger partial charge in [-0.2, -0.15) is 0 Å². The minimum atomic E-state index is -3.48. The third kappa shape index (κ3) is 4.38. The number of rotatable bonds is 7. The van der Waals surface area contributed by atoms with Crippen LogP contribution in [0.4, 0.5) is 0 Å². The predicted molar refractivity (Wildman–Crippen MR) is 70.6 cm³/mol. The fourth-order valence-electron chi connectivity index (χ4n) is 1.53. The van der Waals surface area contributed by atoms with Crippen LogP contribution in [0.5, 0.6) is 0 Å². The van der Waals surface area contributed by atoms with E-state index in [0.29, 0.717) is 19.6 Å². The lowest BCUT2D eigenvalue weighted by molar-refractivity contribution is 0.188. The van der Waals surface area contributed by atoms with E-state index >= 15 is 0 Å². The molecule has 1 aromatic carbocycles. The number of hydrogen-bond acceptors (Lipinski definition) is 4. The summed E-state index contributed by atoms with van der Waals surface area (Å²) in [6.45, 7) is 2.65. The molecule has 18 heavy (non-hydrogen) atoms. The zero-order valence-corrected chi connectivity index (χ0v) is 11.5. The van der Waals surface area contributed by atoms with Crippen LogP contribution in [-0.4, -0.2) is 28.2 Å². The van der Waals surface area contributed by atoms with Crippen molar-refractivity contribution in [2.24, 2.45) is 5.73 Å². The number of sulfonamides is 1. The molecular formula is C12H20N2O3S. The summed E-state index contributed by atoms with van der Waals surface area (Å²) in [4.78, 5) is 0.245. The van der Waals surface area contributed by atoms with E-state index in [4.69, 9.17) is 10.5 Å². The summed E-state index contributed by atoms with van der Waals surface area (Å²) in [5.41, 5.74) is 6.29. The van der Waals surface area contributed by atoms with E-state index in [1.165, 1.54) is 0 Å². The number of nitrogens with two attached hydrogens (primary N) is 1. The number of hydrogen-bond donors (Lipinski definition) is 2. The molecule has 0 amide bonds. The second kappa shape index (κ2) is 6.84. The van der Waals surface area contributed by atoms with E-state index in [0.717, 1.165) is 5.56 Å². The minimum absolute atomic E-state index is 0.170. The van der Waals surface area contributed by atoms with Crippen molar-refractivity contribution in [1.29, 1.82) is 0 Å². The van der Waals surface area contributed by atoms with Crippen LogP contribution in [0.25, 0.3) is 0 Å². The van der Waals surface area contributed by atoms with Crippen LogP contribution in [-0.2, 0) is 21.3 Å². The number of methoxy groups -OCH3 is 1. The molecule has 1 atom stereocenters. The van der Waals surface area contributed by atoms with Gasteiger partial charge >= 0.3 is 0 Å². The maximum absolute atomic E-state index is 12.1. The van der Waals surface area contributed by atoms with Gasteiger partial charge in [-0.15, -0.1) is 0 Å². The van der Waals surface area contributed by atoms with Gasteiger partial charge in [-0.3, -0.25) is 0 Å². The Bertz CT molecular complexity index is 474. The smallest absolute Gasteiger partial charge is 0.240 e. The third-order valence-electron chi connectivity index (χ3n) is 2.56. The van der Waals surface area contributed by atoms with E-state index < -0.39 is 10.0 Å². The average molecular weight is 272 g/mol. The number of nitrogens with one attached hydrogen (secondary N) is 1. The van der Waals surface area contributed by atoms with Crippen molar-refractivity contribution in [3.05, 3.63) is 29.8 Å². The zero-order chi connectivity index (χ0) is 13.6. The molecule has 0 radical (unpaired) electrons. The van der Waals surface area contributed by atoms with Crippen molar-refractivity contribution >= 4 is 10.0 Å². The first-order valence-electron chi connectivity index (χ1n) is 5.80. The molecule has 1 aromatic rings. The Balaban J connectivity index is 2.79. The summed E-state index contributed by atoms with van der Waals surface area (Å²) in [6.07, 6.45) is 0.631. The number of benzene rings is 1. The second-order valence-electron chi connectivity index (χ2n) is 4.16. The molecule has 1 rings (SSSR count). The number of ether oxygens (including phenoxy) is 1. The Labute approximate surface area is 108 Å². The fraction of sp³-hybridized carbons (Fsp3) is 0.500. The Morgan fingerprint density at radius 2 is 2.17 bits per heavy atom. The molecule has 0 saturated carbocycles. The van der Waals surface area contributed by atoms with Crippen LogP contribution in [0.3, 0.4) is 0 Å². The Kier molecular flexibility index (Phi) is 5.74. The predicted octanol–water partition coefficient (Wildman–Crippen LogP) is 0.849. The van der Waals surface area contributed by atoms with Crippen LogP contribution in [0.15, 0.2) is 29.2 Å². The molecule has 0 aliphatic heterocycles. The van der Waals surface area contributed by atoms with Gasteiger partial charge < -0.3 is 10.5 Å². The molecule has 0 heterocycles. The van der Waals surface area contributed by atoms with Gasteiger partial charge in [0.05, 0.1) is 4.90 Å². The molecule has 5 nitrogen and oxygen atoms in total. The quantitative estimate of drug-likeness (QED) is 0.771. The molecule has 0 saturated heterocycles. The highest BCUT2D eigenvalue weighted by Crippen LogP contribution is 2.12. The first-order valence-corrected chi connectivity index (χ1v) is 7.28. The highest BCUT2D eigenvalue weighted by molar-refractivity contribution is 7.89. The topological polar surface area (TPSA) is 81.4 Å². The molecule has 0 bridgehead atoms. The van der Waals surface area contributed by atoms with Crippen LogP contribution in [0.1, 0.15) is 18.9 Å². The first kappa shape index (κ1) is 15.1. The van der Waals surface area contributed by atoms with E-state index in [1.807, 2.05) is 6.92 Å². The van der Waals surface area contributed by atoms with Gasteiger partial charge in [0.1, 0.15) is 0 Å². The molecule has 0 aliphatic rings. The molecule has 0 aromatic heterocycles. The summed E-state index contributed by atoms with van der Waals surface area (Å²) in [7, 11) is -1.89. The average Bonchev–Trinajstić information content (AvgIpc) is 2.36. The Hall–Kier alpha value is -0.950. The lowest BCUT2D eigenvalue weighted by atomic mass is 10.2. The van der Waals surface area contributed by atoms with E-state index in [-0.39, 0.29) is 10.9 Å². The van der Waals surface area contributed by atoms with Crippen LogP contribution in [0, 0.1) is 0 Å². The Morgan fingerprint density at radius 1 is 1.44 bits per heavy atom. The van der Waals surface area contributed by atoms with Crippen molar-refractivity contribution in [1.82, 2.24) is 4.72 Å². The summed E-state index contributed by atoms with van der Waals surface area (Å²) in [5.74, 6) is 0. The van der Waals surface area contributed by atoms with Crippen molar-refractivity contribution in [2.45, 2.75) is 30.8 Å². The van der Waals surface area contributed by atoms with Crippen molar-refractivity contribution in [3.8, 4) is 0 Å². The van der Waals surface area contributed by atoms with E-state index in [1.54, 1.807) is 31.4 Å². The molecule has 0 spiro atoms. The molecule has 1 unspecified atom stereocenters. The third-order valence-corrected chi connectivity index (χ3v) is 4.14. The van der Waals surface area contributed by atoms with Crippen molar-refractivity contribution < 1.29 is 13.2 Å². The highest BCUT2D eigenvalue weighted by atomic mass is 32.2. The zero-order valence-electron chi connectivity index (χ0n) is 10.7. The normalized spacial score (nSPS) is 13.5. The van der Waals surface area contributed by atoms with Crippen LogP contribution in [0.2, 0.25) is 0 Å². The Morgan fingerprint density at radius 3 is 2.78 bits per heavy atom. The molecule has 3 N–H and O–H groups in total. The van der Waals surface area contributed by atoms with E-state index in [9.17, 15) is 8.42 Å². The molecule has 0 aliphatic carbocycles. The van der Waals surface area contributed by atoms with Gasteiger partial charge in [-0.05, 0) is 31.0 Å². The fourth-order valence-corrected chi connectivity index (χ4v) is 2.87. The minimum Gasteiger partial charge on any atom is -0.385 e. The molecular weight excluding hydrogens is 252 g/mol. The SMILES string of the molecule is COCCC(C)NS(=O)(=O)c1cccc(CN)c1. The van der Waals surface area contributed by atoms with Gasteiger partial charge in [0.25, 0.3) is 0 Å². The largest absolute Gasteiger partial charge is 0.385 e. The summed E-state index contributed by atoms with van der Waals surface area (Å²) in [6, 6.07) is 6.47. The van der Waals surface area contributed by atoms with Crippen LogP contribution < -0.4 is 10.5 Å². The molecule has 102 valence electrons. The molecule has 6 heteroatoms. The highest BCUT2D eigenvalue weighted by Gasteiger charge is 2.17.